The van der Waals surface area contributed by atoms with Crippen LogP contribution in [0.3, 0.4) is 0 Å². The van der Waals surface area contributed by atoms with Crippen LogP contribution < -0.4 is 5.32 Å². The Balaban J connectivity index is 1.93. The van der Waals surface area contributed by atoms with Crippen molar-refractivity contribution < 1.29 is 0 Å². The number of nitrogens with one attached hydrogen (secondary N) is 1. The van der Waals surface area contributed by atoms with E-state index in [1.54, 1.807) is 0 Å². The molecule has 16 heavy (non-hydrogen) atoms. The van der Waals surface area contributed by atoms with Gasteiger partial charge in [-0.05, 0) is 37.8 Å². The summed E-state index contributed by atoms with van der Waals surface area (Å²) in [6.07, 6.45) is 4.08. The Morgan fingerprint density at radius 3 is 2.44 bits per heavy atom. The van der Waals surface area contributed by atoms with E-state index in [0.717, 1.165) is 28.1 Å². The first kappa shape index (κ1) is 12.2. The van der Waals surface area contributed by atoms with Gasteiger partial charge in [0.25, 0.3) is 0 Å². The van der Waals surface area contributed by atoms with Crippen LogP contribution in [0.4, 0.5) is 0 Å². The monoisotopic (exact) mass is 257 g/mol. The van der Waals surface area contributed by atoms with Crippen molar-refractivity contribution in [2.75, 3.05) is 0 Å². The topological polar surface area (TPSA) is 12.0 Å². The van der Waals surface area contributed by atoms with Crippen molar-refractivity contribution in [1.82, 2.24) is 5.32 Å². The fourth-order valence-corrected chi connectivity index (χ4v) is 2.60. The Kier molecular flexibility index (Phi) is 4.12. The lowest BCUT2D eigenvalue weighted by molar-refractivity contribution is 0.240. The maximum Gasteiger partial charge on any atom is 0.0465 e. The van der Waals surface area contributed by atoms with Gasteiger partial charge in [-0.1, -0.05) is 35.7 Å². The summed E-state index contributed by atoms with van der Waals surface area (Å²) in [5, 5.41) is 5.02. The van der Waals surface area contributed by atoms with Gasteiger partial charge in [0.15, 0.2) is 0 Å². The third-order valence-electron chi connectivity index (χ3n) is 3.52. The highest BCUT2D eigenvalue weighted by molar-refractivity contribution is 6.35. The van der Waals surface area contributed by atoms with Crippen molar-refractivity contribution >= 4 is 23.2 Å². The fraction of sp³-hybridized carbons (Fsp3) is 0.538. The number of hydrogen-bond donors (Lipinski definition) is 1. The summed E-state index contributed by atoms with van der Waals surface area (Å²) >= 11 is 12.2. The van der Waals surface area contributed by atoms with E-state index < -0.39 is 0 Å². The van der Waals surface area contributed by atoms with Crippen molar-refractivity contribution in [3.05, 3.63) is 33.8 Å². The first-order valence-electron chi connectivity index (χ1n) is 5.84. The zero-order chi connectivity index (χ0) is 11.5. The highest BCUT2D eigenvalue weighted by Crippen LogP contribution is 2.30. The van der Waals surface area contributed by atoms with Crippen LogP contribution in [-0.2, 0) is 6.54 Å². The Bertz CT molecular complexity index is 341. The highest BCUT2D eigenvalue weighted by atomic mass is 35.5. The molecule has 0 heterocycles. The Labute approximate surface area is 107 Å². The lowest BCUT2D eigenvalue weighted by atomic mass is 9.80. The molecule has 0 aromatic heterocycles. The van der Waals surface area contributed by atoms with E-state index >= 15 is 0 Å². The van der Waals surface area contributed by atoms with Crippen LogP contribution in [0, 0.1) is 5.92 Å². The second-order valence-corrected chi connectivity index (χ2v) is 5.38. The predicted octanol–water partition coefficient (Wildman–Crippen LogP) is 4.27. The molecule has 2 rings (SSSR count). The van der Waals surface area contributed by atoms with E-state index in [1.807, 2.05) is 18.2 Å². The first-order chi connectivity index (χ1) is 7.68. The molecule has 1 atom stereocenters. The quantitative estimate of drug-likeness (QED) is 0.850. The average molecular weight is 258 g/mol. The molecule has 3 heteroatoms. The first-order valence-corrected chi connectivity index (χ1v) is 6.60. The van der Waals surface area contributed by atoms with Gasteiger partial charge in [-0.15, -0.1) is 0 Å². The maximum atomic E-state index is 6.12. The highest BCUT2D eigenvalue weighted by Gasteiger charge is 2.23. The number of halogens is 2. The summed E-state index contributed by atoms with van der Waals surface area (Å²) in [5.74, 6) is 0.835. The largest absolute Gasteiger partial charge is 0.310 e. The standard InChI is InChI=1S/C13H17Cl2N/c1-9(10-4-2-5-10)16-8-11-12(14)6-3-7-13(11)15/h3,6-7,9-10,16H,2,4-5,8H2,1H3. The van der Waals surface area contributed by atoms with E-state index in [2.05, 4.69) is 12.2 Å². The maximum absolute atomic E-state index is 6.12. The Morgan fingerprint density at radius 2 is 1.94 bits per heavy atom. The van der Waals surface area contributed by atoms with Gasteiger partial charge in [0.2, 0.25) is 0 Å². The predicted molar refractivity (Wildman–Crippen MR) is 70.1 cm³/mol. The molecule has 1 fully saturated rings. The Morgan fingerprint density at radius 1 is 1.31 bits per heavy atom. The number of hydrogen-bond acceptors (Lipinski definition) is 1. The molecule has 1 aliphatic rings. The van der Waals surface area contributed by atoms with Gasteiger partial charge < -0.3 is 5.32 Å². The Hall–Kier alpha value is -0.240. The molecular formula is C13H17Cl2N. The van der Waals surface area contributed by atoms with Crippen molar-refractivity contribution in [2.24, 2.45) is 5.92 Å². The van der Waals surface area contributed by atoms with Crippen LogP contribution in [-0.4, -0.2) is 6.04 Å². The molecule has 1 unspecified atom stereocenters. The van der Waals surface area contributed by atoms with E-state index in [-0.39, 0.29) is 0 Å². The van der Waals surface area contributed by atoms with Gasteiger partial charge in [-0.25, -0.2) is 0 Å². The van der Waals surface area contributed by atoms with Crippen molar-refractivity contribution in [1.29, 1.82) is 0 Å². The van der Waals surface area contributed by atoms with Crippen LogP contribution in [0.1, 0.15) is 31.7 Å². The molecule has 0 saturated heterocycles. The number of rotatable bonds is 4. The molecule has 1 N–H and O–H groups in total. The van der Waals surface area contributed by atoms with Crippen LogP contribution in [0.2, 0.25) is 10.0 Å². The summed E-state index contributed by atoms with van der Waals surface area (Å²) < 4.78 is 0. The van der Waals surface area contributed by atoms with Gasteiger partial charge in [-0.3, -0.25) is 0 Å². The van der Waals surface area contributed by atoms with Crippen LogP contribution in [0.5, 0.6) is 0 Å². The van der Waals surface area contributed by atoms with E-state index in [4.69, 9.17) is 23.2 Å². The summed E-state index contributed by atoms with van der Waals surface area (Å²) in [6.45, 7) is 3.00. The molecule has 1 nitrogen and oxygen atoms in total. The van der Waals surface area contributed by atoms with E-state index in [1.165, 1.54) is 19.3 Å². The molecule has 1 aromatic rings. The minimum atomic E-state index is 0.557. The zero-order valence-electron chi connectivity index (χ0n) is 9.47. The average Bonchev–Trinajstić information content (AvgIpc) is 2.14. The smallest absolute Gasteiger partial charge is 0.0465 e. The minimum Gasteiger partial charge on any atom is -0.310 e. The van der Waals surface area contributed by atoms with E-state index in [0.29, 0.717) is 6.04 Å². The van der Waals surface area contributed by atoms with Gasteiger partial charge in [-0.2, -0.15) is 0 Å². The molecule has 0 spiro atoms. The van der Waals surface area contributed by atoms with Crippen LogP contribution in [0.15, 0.2) is 18.2 Å². The summed E-state index contributed by atoms with van der Waals surface area (Å²) in [5.41, 5.74) is 1.01. The summed E-state index contributed by atoms with van der Waals surface area (Å²) in [4.78, 5) is 0. The lowest BCUT2D eigenvalue weighted by Crippen LogP contribution is -2.36. The second kappa shape index (κ2) is 5.39. The molecular weight excluding hydrogens is 241 g/mol. The molecule has 1 aromatic carbocycles. The third-order valence-corrected chi connectivity index (χ3v) is 4.23. The van der Waals surface area contributed by atoms with Gasteiger partial charge >= 0.3 is 0 Å². The molecule has 88 valence electrons. The van der Waals surface area contributed by atoms with Crippen molar-refractivity contribution in [2.45, 2.75) is 38.8 Å². The summed E-state index contributed by atoms with van der Waals surface area (Å²) in [6, 6.07) is 6.21. The van der Waals surface area contributed by atoms with Crippen LogP contribution in [0.25, 0.3) is 0 Å². The molecule has 1 saturated carbocycles. The normalized spacial score (nSPS) is 18.2. The van der Waals surface area contributed by atoms with Crippen molar-refractivity contribution in [3.63, 3.8) is 0 Å². The molecule has 0 amide bonds. The zero-order valence-corrected chi connectivity index (χ0v) is 11.0. The SMILES string of the molecule is CC(NCc1c(Cl)cccc1Cl)C1CCC1. The lowest BCUT2D eigenvalue weighted by Gasteiger charge is -2.32. The van der Waals surface area contributed by atoms with Gasteiger partial charge in [0.05, 0.1) is 0 Å². The van der Waals surface area contributed by atoms with Gasteiger partial charge in [0, 0.05) is 28.2 Å². The molecule has 0 bridgehead atoms. The molecule has 1 aliphatic carbocycles. The summed E-state index contributed by atoms with van der Waals surface area (Å²) in [7, 11) is 0. The third kappa shape index (κ3) is 2.71. The second-order valence-electron chi connectivity index (χ2n) is 4.56. The molecule has 0 radical (unpaired) electrons. The number of benzene rings is 1. The van der Waals surface area contributed by atoms with E-state index in [9.17, 15) is 0 Å². The van der Waals surface area contributed by atoms with Gasteiger partial charge in [0.1, 0.15) is 0 Å². The van der Waals surface area contributed by atoms with Crippen LogP contribution >= 0.6 is 23.2 Å². The minimum absolute atomic E-state index is 0.557. The van der Waals surface area contributed by atoms with Crippen molar-refractivity contribution in [3.8, 4) is 0 Å². The fourth-order valence-electron chi connectivity index (χ4n) is 2.07. The molecule has 0 aliphatic heterocycles.